The molecule has 0 unspecified atom stereocenters. The first kappa shape index (κ1) is 27.1. The largest absolute Gasteiger partial charge is 0.396 e. The molecule has 0 aliphatic carbocycles. The van der Waals surface area contributed by atoms with E-state index in [4.69, 9.17) is 16.3 Å². The minimum absolute atomic E-state index is 0.00313. The number of hydrogen-bond acceptors (Lipinski definition) is 4. The van der Waals surface area contributed by atoms with Crippen LogP contribution in [0.5, 0.6) is 0 Å². The number of anilines is 1. The van der Waals surface area contributed by atoms with Crippen LogP contribution >= 0.6 is 11.6 Å². The molecule has 0 radical (unpaired) electrons. The Labute approximate surface area is 224 Å². The molecule has 1 fully saturated rings. The van der Waals surface area contributed by atoms with E-state index in [1.807, 2.05) is 23.1 Å². The number of morpholine rings is 1. The number of carbonyl (C=O) groups excluding carboxylic acids is 1. The number of nitrogens with one attached hydrogen (secondary N) is 1. The van der Waals surface area contributed by atoms with Gasteiger partial charge in [-0.15, -0.1) is 0 Å². The molecule has 7 heteroatoms. The van der Waals surface area contributed by atoms with Crippen molar-refractivity contribution in [3.8, 4) is 0 Å². The Kier molecular flexibility index (Phi) is 10.4. The quantitative estimate of drug-likeness (QED) is 0.361. The maximum Gasteiger partial charge on any atom is 0.321 e. The van der Waals surface area contributed by atoms with E-state index in [-0.39, 0.29) is 18.6 Å². The molecule has 0 bridgehead atoms. The summed E-state index contributed by atoms with van der Waals surface area (Å²) >= 11 is 6.26. The van der Waals surface area contributed by atoms with Crippen LogP contribution in [-0.4, -0.2) is 73.5 Å². The van der Waals surface area contributed by atoms with E-state index >= 15 is 0 Å². The Hall–Kier alpha value is -2.90. The third-order valence-electron chi connectivity index (χ3n) is 6.85. The molecular weight excluding hydrogens is 486 g/mol. The smallest absolute Gasteiger partial charge is 0.321 e. The van der Waals surface area contributed by atoms with Crippen LogP contribution in [0.4, 0.5) is 10.5 Å². The molecule has 6 nitrogen and oxygen atoms in total. The predicted molar refractivity (Wildman–Crippen MR) is 149 cm³/mol. The molecule has 1 heterocycles. The molecule has 0 spiro atoms. The van der Waals surface area contributed by atoms with Gasteiger partial charge in [-0.05, 0) is 47.7 Å². The molecule has 0 saturated carbocycles. The van der Waals surface area contributed by atoms with Crippen molar-refractivity contribution in [3.63, 3.8) is 0 Å². The fourth-order valence-corrected chi connectivity index (χ4v) is 4.96. The lowest BCUT2D eigenvalue weighted by Crippen LogP contribution is -2.44. The summed E-state index contributed by atoms with van der Waals surface area (Å²) in [6, 6.07) is 26.2. The van der Waals surface area contributed by atoms with Crippen LogP contribution in [0.25, 0.3) is 0 Å². The third kappa shape index (κ3) is 8.04. The average molecular weight is 522 g/mol. The van der Waals surface area contributed by atoms with Gasteiger partial charge in [0.05, 0.1) is 13.2 Å². The molecule has 37 heavy (non-hydrogen) atoms. The number of halogens is 1. The zero-order chi connectivity index (χ0) is 25.9. The van der Waals surface area contributed by atoms with Crippen molar-refractivity contribution in [1.29, 1.82) is 0 Å². The Balaban J connectivity index is 1.50. The number of ether oxygens (including phenoxy) is 1. The van der Waals surface area contributed by atoms with Gasteiger partial charge in [-0.25, -0.2) is 4.79 Å². The van der Waals surface area contributed by atoms with E-state index in [2.05, 4.69) is 58.7 Å². The second-order valence-electron chi connectivity index (χ2n) is 9.31. The van der Waals surface area contributed by atoms with Crippen LogP contribution in [0.2, 0.25) is 5.02 Å². The van der Waals surface area contributed by atoms with E-state index in [9.17, 15) is 9.90 Å². The Morgan fingerprint density at radius 1 is 0.973 bits per heavy atom. The second-order valence-corrected chi connectivity index (χ2v) is 9.72. The van der Waals surface area contributed by atoms with Gasteiger partial charge in [0.25, 0.3) is 0 Å². The molecule has 4 rings (SSSR count). The minimum atomic E-state index is -0.134. The summed E-state index contributed by atoms with van der Waals surface area (Å²) in [6.07, 6.45) is 1.25. The van der Waals surface area contributed by atoms with Crippen molar-refractivity contribution < 1.29 is 14.6 Å². The Morgan fingerprint density at radius 3 is 2.24 bits per heavy atom. The van der Waals surface area contributed by atoms with Gasteiger partial charge >= 0.3 is 6.03 Å². The number of aliphatic hydroxyl groups excluding tert-OH is 1. The van der Waals surface area contributed by atoms with Gasteiger partial charge in [0.1, 0.15) is 0 Å². The minimum Gasteiger partial charge on any atom is -0.396 e. The zero-order valence-corrected chi connectivity index (χ0v) is 21.9. The number of hydrogen-bond donors (Lipinski definition) is 2. The number of carbonyl (C=O) groups is 1. The maximum atomic E-state index is 13.5. The zero-order valence-electron chi connectivity index (χ0n) is 21.2. The van der Waals surface area contributed by atoms with E-state index < -0.39 is 0 Å². The van der Waals surface area contributed by atoms with Crippen LogP contribution < -0.4 is 5.32 Å². The summed E-state index contributed by atoms with van der Waals surface area (Å²) in [6.45, 7) is 5.27. The van der Waals surface area contributed by atoms with E-state index in [0.717, 1.165) is 44.8 Å². The van der Waals surface area contributed by atoms with E-state index in [1.165, 1.54) is 11.1 Å². The monoisotopic (exact) mass is 521 g/mol. The fourth-order valence-electron chi connectivity index (χ4n) is 4.75. The van der Waals surface area contributed by atoms with Gasteiger partial charge in [-0.2, -0.15) is 0 Å². The van der Waals surface area contributed by atoms with E-state index in [0.29, 0.717) is 30.2 Å². The highest BCUT2D eigenvalue weighted by Crippen LogP contribution is 2.28. The Bertz CT molecular complexity index is 1070. The SMILES string of the molecule is O=C(Nc1ccc(Cl)c(CCO)c1)N(CCC(c1ccccc1)c1ccccc1)CCN1CCOCC1. The van der Waals surface area contributed by atoms with Crippen molar-refractivity contribution in [1.82, 2.24) is 9.80 Å². The van der Waals surface area contributed by atoms with Crippen molar-refractivity contribution in [2.75, 3.05) is 57.9 Å². The first-order valence-electron chi connectivity index (χ1n) is 13.0. The van der Waals surface area contributed by atoms with Crippen LogP contribution in [0.15, 0.2) is 78.9 Å². The first-order valence-corrected chi connectivity index (χ1v) is 13.4. The molecule has 0 atom stereocenters. The molecule has 1 aliphatic rings. The number of rotatable bonds is 11. The highest BCUT2D eigenvalue weighted by molar-refractivity contribution is 6.31. The number of urea groups is 1. The molecule has 2 amide bonds. The Morgan fingerprint density at radius 2 is 1.62 bits per heavy atom. The highest BCUT2D eigenvalue weighted by Gasteiger charge is 2.21. The van der Waals surface area contributed by atoms with Crippen molar-refractivity contribution >= 4 is 23.3 Å². The van der Waals surface area contributed by atoms with Gasteiger partial charge in [-0.1, -0.05) is 72.3 Å². The molecule has 2 N–H and O–H groups in total. The molecular formula is C30H36ClN3O3. The van der Waals surface area contributed by atoms with Crippen LogP contribution in [0.3, 0.4) is 0 Å². The van der Waals surface area contributed by atoms with Gasteiger partial charge in [0.2, 0.25) is 0 Å². The molecule has 0 aromatic heterocycles. The third-order valence-corrected chi connectivity index (χ3v) is 7.22. The van der Waals surface area contributed by atoms with Crippen molar-refractivity contribution in [3.05, 3.63) is 101 Å². The molecule has 1 aliphatic heterocycles. The lowest BCUT2D eigenvalue weighted by atomic mass is 9.88. The molecule has 196 valence electrons. The van der Waals surface area contributed by atoms with Crippen LogP contribution in [-0.2, 0) is 11.2 Å². The van der Waals surface area contributed by atoms with Gasteiger partial charge in [-0.3, -0.25) is 4.90 Å². The normalized spacial score (nSPS) is 14.0. The summed E-state index contributed by atoms with van der Waals surface area (Å²) in [4.78, 5) is 17.8. The summed E-state index contributed by atoms with van der Waals surface area (Å²) in [5, 5.41) is 13.0. The van der Waals surface area contributed by atoms with Gasteiger partial charge in [0.15, 0.2) is 0 Å². The number of aliphatic hydroxyl groups is 1. The van der Waals surface area contributed by atoms with Gasteiger partial charge in [0, 0.05) is 56.0 Å². The second kappa shape index (κ2) is 14.1. The maximum absolute atomic E-state index is 13.5. The fraction of sp³-hybridized carbons (Fsp3) is 0.367. The van der Waals surface area contributed by atoms with E-state index in [1.54, 1.807) is 12.1 Å². The molecule has 3 aromatic carbocycles. The predicted octanol–water partition coefficient (Wildman–Crippen LogP) is 5.26. The summed E-state index contributed by atoms with van der Waals surface area (Å²) in [5.74, 6) is 0.188. The standard InChI is InChI=1S/C30H36ClN3O3/c31-29-12-11-27(23-26(29)14-20-35)32-30(36)34(17-16-33-18-21-37-22-19-33)15-13-28(24-7-3-1-4-8-24)25-9-5-2-6-10-25/h1-12,23,28,35H,13-22H2,(H,32,36). The summed E-state index contributed by atoms with van der Waals surface area (Å²) in [5.41, 5.74) is 3.98. The number of amides is 2. The molecule has 3 aromatic rings. The topological polar surface area (TPSA) is 65.0 Å². The highest BCUT2D eigenvalue weighted by atomic mass is 35.5. The molecule has 1 saturated heterocycles. The van der Waals surface area contributed by atoms with Gasteiger partial charge < -0.3 is 20.1 Å². The average Bonchev–Trinajstić information content (AvgIpc) is 2.94. The number of benzene rings is 3. The van der Waals surface area contributed by atoms with Crippen LogP contribution in [0.1, 0.15) is 29.0 Å². The van der Waals surface area contributed by atoms with Crippen molar-refractivity contribution in [2.24, 2.45) is 0 Å². The lowest BCUT2D eigenvalue weighted by Gasteiger charge is -2.31. The first-order chi connectivity index (χ1) is 18.1. The number of nitrogens with zero attached hydrogens (tertiary/aromatic N) is 2. The summed E-state index contributed by atoms with van der Waals surface area (Å²) < 4.78 is 5.49. The van der Waals surface area contributed by atoms with Crippen molar-refractivity contribution in [2.45, 2.75) is 18.8 Å². The van der Waals surface area contributed by atoms with Crippen LogP contribution in [0, 0.1) is 0 Å². The summed E-state index contributed by atoms with van der Waals surface area (Å²) in [7, 11) is 0. The lowest BCUT2D eigenvalue weighted by molar-refractivity contribution is 0.0351.